The van der Waals surface area contributed by atoms with E-state index in [1.165, 1.54) is 6.26 Å². The predicted molar refractivity (Wildman–Crippen MR) is 62.7 cm³/mol. The lowest BCUT2D eigenvalue weighted by molar-refractivity contribution is 0.101. The Hall–Kier alpha value is -1.83. The topological polar surface area (TPSA) is 30.2 Å². The number of furan rings is 1. The van der Waals surface area contributed by atoms with E-state index in [0.29, 0.717) is 17.2 Å². The zero-order valence-electron chi connectivity index (χ0n) is 9.44. The highest BCUT2D eigenvalue weighted by Gasteiger charge is 2.12. The normalized spacial score (nSPS) is 10.7. The lowest BCUT2D eigenvalue weighted by Crippen LogP contribution is -2.00. The number of hydrogen-bond donors (Lipinski definition) is 0. The maximum absolute atomic E-state index is 12.0. The summed E-state index contributed by atoms with van der Waals surface area (Å²) in [6, 6.07) is 11.1. The monoisotopic (exact) mass is 214 g/mol. The van der Waals surface area contributed by atoms with E-state index in [9.17, 15) is 4.79 Å². The van der Waals surface area contributed by atoms with E-state index in [-0.39, 0.29) is 5.78 Å². The van der Waals surface area contributed by atoms with Crippen LogP contribution in [0.15, 0.2) is 47.1 Å². The van der Waals surface area contributed by atoms with Crippen molar-refractivity contribution in [3.63, 3.8) is 0 Å². The highest BCUT2D eigenvalue weighted by molar-refractivity contribution is 6.07. The van der Waals surface area contributed by atoms with E-state index in [0.717, 1.165) is 5.56 Å². The lowest BCUT2D eigenvalue weighted by atomic mass is 9.99. The standard InChI is InChI=1S/C14H14O2/c1-10(2)11-5-3-6-12(9-11)14(15)13-7-4-8-16-13/h3-10H,1-2H3. The minimum Gasteiger partial charge on any atom is -0.461 e. The maximum Gasteiger partial charge on any atom is 0.228 e. The van der Waals surface area contributed by atoms with Gasteiger partial charge in [-0.15, -0.1) is 0 Å². The fourth-order valence-electron chi connectivity index (χ4n) is 1.59. The van der Waals surface area contributed by atoms with Gasteiger partial charge in [0.15, 0.2) is 5.76 Å². The second-order valence-corrected chi connectivity index (χ2v) is 4.09. The van der Waals surface area contributed by atoms with Gasteiger partial charge in [0.2, 0.25) is 5.78 Å². The minimum absolute atomic E-state index is 0.0625. The van der Waals surface area contributed by atoms with Crippen LogP contribution < -0.4 is 0 Å². The van der Waals surface area contributed by atoms with Gasteiger partial charge in [-0.2, -0.15) is 0 Å². The molecule has 0 aliphatic heterocycles. The van der Waals surface area contributed by atoms with Crippen molar-refractivity contribution in [3.8, 4) is 0 Å². The Morgan fingerprint density at radius 1 is 1.19 bits per heavy atom. The Labute approximate surface area is 94.9 Å². The first-order valence-electron chi connectivity index (χ1n) is 5.36. The summed E-state index contributed by atoms with van der Waals surface area (Å²) in [6.45, 7) is 4.22. The third-order valence-electron chi connectivity index (χ3n) is 2.56. The van der Waals surface area contributed by atoms with Gasteiger partial charge in [-0.3, -0.25) is 4.79 Å². The molecule has 0 amide bonds. The summed E-state index contributed by atoms with van der Waals surface area (Å²) in [5.74, 6) is 0.748. The first-order chi connectivity index (χ1) is 7.68. The first-order valence-corrected chi connectivity index (χ1v) is 5.36. The van der Waals surface area contributed by atoms with E-state index in [1.807, 2.05) is 24.3 Å². The lowest BCUT2D eigenvalue weighted by Gasteiger charge is -2.06. The molecular formula is C14H14O2. The molecule has 2 rings (SSSR count). The van der Waals surface area contributed by atoms with E-state index >= 15 is 0 Å². The van der Waals surface area contributed by atoms with Crippen molar-refractivity contribution >= 4 is 5.78 Å². The second-order valence-electron chi connectivity index (χ2n) is 4.09. The van der Waals surface area contributed by atoms with Crippen LogP contribution in [0.1, 0.15) is 41.4 Å². The summed E-state index contributed by atoms with van der Waals surface area (Å²) in [6.07, 6.45) is 1.51. The number of hydrogen-bond acceptors (Lipinski definition) is 2. The summed E-state index contributed by atoms with van der Waals surface area (Å²) >= 11 is 0. The third-order valence-corrected chi connectivity index (χ3v) is 2.56. The van der Waals surface area contributed by atoms with Crippen LogP contribution >= 0.6 is 0 Å². The number of rotatable bonds is 3. The molecule has 0 aliphatic carbocycles. The Morgan fingerprint density at radius 2 is 2.00 bits per heavy atom. The molecule has 0 bridgehead atoms. The number of carbonyl (C=O) groups excluding carboxylic acids is 1. The molecule has 2 heteroatoms. The van der Waals surface area contributed by atoms with Crippen molar-refractivity contribution in [2.45, 2.75) is 19.8 Å². The van der Waals surface area contributed by atoms with Crippen LogP contribution in [0.3, 0.4) is 0 Å². The smallest absolute Gasteiger partial charge is 0.228 e. The minimum atomic E-state index is -0.0625. The Morgan fingerprint density at radius 3 is 2.62 bits per heavy atom. The molecule has 0 atom stereocenters. The number of ketones is 1. The van der Waals surface area contributed by atoms with Crippen molar-refractivity contribution < 1.29 is 9.21 Å². The SMILES string of the molecule is CC(C)c1cccc(C(=O)c2ccco2)c1. The fraction of sp³-hybridized carbons (Fsp3) is 0.214. The van der Waals surface area contributed by atoms with Gasteiger partial charge >= 0.3 is 0 Å². The molecule has 0 radical (unpaired) electrons. The summed E-state index contributed by atoms with van der Waals surface area (Å²) in [7, 11) is 0. The van der Waals surface area contributed by atoms with Crippen LogP contribution in [-0.2, 0) is 0 Å². The van der Waals surface area contributed by atoms with Crippen LogP contribution in [0.5, 0.6) is 0 Å². The maximum atomic E-state index is 12.0. The van der Waals surface area contributed by atoms with Gasteiger partial charge in [-0.1, -0.05) is 32.0 Å². The van der Waals surface area contributed by atoms with Gasteiger partial charge in [0.1, 0.15) is 0 Å². The van der Waals surface area contributed by atoms with Crippen LogP contribution in [0.2, 0.25) is 0 Å². The van der Waals surface area contributed by atoms with Gasteiger partial charge in [-0.05, 0) is 29.7 Å². The molecule has 1 aromatic carbocycles. The predicted octanol–water partition coefficient (Wildman–Crippen LogP) is 3.63. The Balaban J connectivity index is 2.34. The van der Waals surface area contributed by atoms with Crippen LogP contribution in [0, 0.1) is 0 Å². The molecule has 1 heterocycles. The summed E-state index contributed by atoms with van der Waals surface area (Å²) in [5.41, 5.74) is 1.85. The molecule has 0 fully saturated rings. The molecule has 16 heavy (non-hydrogen) atoms. The molecule has 0 unspecified atom stereocenters. The molecule has 0 aliphatic rings. The Kier molecular flexibility index (Phi) is 2.91. The zero-order chi connectivity index (χ0) is 11.5. The molecule has 0 N–H and O–H groups in total. The molecule has 82 valence electrons. The van der Waals surface area contributed by atoms with Gasteiger partial charge in [-0.25, -0.2) is 0 Å². The molecule has 0 spiro atoms. The average Bonchev–Trinajstić information content (AvgIpc) is 2.81. The van der Waals surface area contributed by atoms with Gasteiger partial charge in [0.25, 0.3) is 0 Å². The fourth-order valence-corrected chi connectivity index (χ4v) is 1.59. The van der Waals surface area contributed by atoms with Crippen molar-refractivity contribution in [1.82, 2.24) is 0 Å². The van der Waals surface area contributed by atoms with E-state index in [2.05, 4.69) is 13.8 Å². The molecular weight excluding hydrogens is 200 g/mol. The summed E-state index contributed by atoms with van der Waals surface area (Å²) in [4.78, 5) is 12.0. The summed E-state index contributed by atoms with van der Waals surface area (Å²) in [5, 5.41) is 0. The quantitative estimate of drug-likeness (QED) is 0.730. The van der Waals surface area contributed by atoms with E-state index in [4.69, 9.17) is 4.42 Å². The first kappa shape index (κ1) is 10.7. The molecule has 0 saturated carbocycles. The van der Waals surface area contributed by atoms with Gasteiger partial charge in [0.05, 0.1) is 6.26 Å². The Bertz CT molecular complexity index is 481. The van der Waals surface area contributed by atoms with Crippen molar-refractivity contribution in [3.05, 3.63) is 59.5 Å². The van der Waals surface area contributed by atoms with Crippen LogP contribution in [-0.4, -0.2) is 5.78 Å². The van der Waals surface area contributed by atoms with Crippen LogP contribution in [0.4, 0.5) is 0 Å². The zero-order valence-corrected chi connectivity index (χ0v) is 9.44. The second kappa shape index (κ2) is 4.35. The van der Waals surface area contributed by atoms with E-state index < -0.39 is 0 Å². The average molecular weight is 214 g/mol. The van der Waals surface area contributed by atoms with Crippen molar-refractivity contribution in [2.75, 3.05) is 0 Å². The highest BCUT2D eigenvalue weighted by atomic mass is 16.3. The molecule has 2 aromatic rings. The van der Waals surface area contributed by atoms with Crippen LogP contribution in [0.25, 0.3) is 0 Å². The largest absolute Gasteiger partial charge is 0.461 e. The van der Waals surface area contributed by atoms with E-state index in [1.54, 1.807) is 12.1 Å². The number of carbonyl (C=O) groups is 1. The highest BCUT2D eigenvalue weighted by Crippen LogP contribution is 2.18. The summed E-state index contributed by atoms with van der Waals surface area (Å²) < 4.78 is 5.10. The van der Waals surface area contributed by atoms with Crippen molar-refractivity contribution in [1.29, 1.82) is 0 Å². The molecule has 0 saturated heterocycles. The van der Waals surface area contributed by atoms with Crippen molar-refractivity contribution in [2.24, 2.45) is 0 Å². The molecule has 2 nitrogen and oxygen atoms in total. The third kappa shape index (κ3) is 2.06. The van der Waals surface area contributed by atoms with Gasteiger partial charge < -0.3 is 4.42 Å². The number of benzene rings is 1. The molecule has 1 aromatic heterocycles. The van der Waals surface area contributed by atoms with Gasteiger partial charge in [0, 0.05) is 5.56 Å².